The Kier molecular flexibility index (Phi) is 5.56. The van der Waals surface area contributed by atoms with E-state index < -0.39 is 43.2 Å². The molecule has 0 aromatic rings. The summed E-state index contributed by atoms with van der Waals surface area (Å²) in [6.07, 6.45) is 2.24. The largest absolute Gasteiger partial charge is 0.480 e. The fraction of sp³-hybridized carbons (Fsp3) is 0.727. The minimum Gasteiger partial charge on any atom is -0.480 e. The molecule has 1 fully saturated rings. The van der Waals surface area contributed by atoms with Gasteiger partial charge in [0.05, 0.1) is 12.1 Å². The molecule has 0 aromatic heterocycles. The SMILES string of the molecule is O=C(O)CN(CC(=O)O)C(=O)NC1CCCCC1O. The lowest BCUT2D eigenvalue weighted by molar-refractivity contribution is -0.140. The van der Waals surface area contributed by atoms with Gasteiger partial charge in [0, 0.05) is 0 Å². The molecule has 19 heavy (non-hydrogen) atoms. The summed E-state index contributed by atoms with van der Waals surface area (Å²) in [6, 6.07) is -1.23. The van der Waals surface area contributed by atoms with Crippen LogP contribution in [0.25, 0.3) is 0 Å². The first-order valence-corrected chi connectivity index (χ1v) is 6.07. The number of aliphatic carboxylic acids is 2. The molecule has 2 atom stereocenters. The van der Waals surface area contributed by atoms with E-state index >= 15 is 0 Å². The van der Waals surface area contributed by atoms with Crippen molar-refractivity contribution in [2.45, 2.75) is 37.8 Å². The van der Waals surface area contributed by atoms with Crippen LogP contribution in [0.3, 0.4) is 0 Å². The van der Waals surface area contributed by atoms with E-state index in [9.17, 15) is 19.5 Å². The summed E-state index contributed by atoms with van der Waals surface area (Å²) in [7, 11) is 0. The maximum atomic E-state index is 11.8. The normalized spacial score (nSPS) is 22.6. The Bertz CT molecular complexity index is 343. The van der Waals surface area contributed by atoms with Gasteiger partial charge in [0.2, 0.25) is 0 Å². The van der Waals surface area contributed by atoms with Gasteiger partial charge >= 0.3 is 18.0 Å². The van der Waals surface area contributed by atoms with Crippen LogP contribution in [0.1, 0.15) is 25.7 Å². The molecule has 0 spiro atoms. The third-order valence-corrected chi connectivity index (χ3v) is 2.98. The number of nitrogens with one attached hydrogen (secondary N) is 1. The molecule has 4 N–H and O–H groups in total. The molecular formula is C11H18N2O6. The Hall–Kier alpha value is -1.83. The van der Waals surface area contributed by atoms with E-state index in [-0.39, 0.29) is 0 Å². The van der Waals surface area contributed by atoms with E-state index in [1.165, 1.54) is 0 Å². The molecule has 108 valence electrons. The lowest BCUT2D eigenvalue weighted by Crippen LogP contribution is -2.52. The Morgan fingerprint density at radius 1 is 1.05 bits per heavy atom. The fourth-order valence-electron chi connectivity index (χ4n) is 2.06. The van der Waals surface area contributed by atoms with Crippen molar-refractivity contribution >= 4 is 18.0 Å². The zero-order valence-corrected chi connectivity index (χ0v) is 10.4. The van der Waals surface area contributed by atoms with Crippen molar-refractivity contribution in [3.63, 3.8) is 0 Å². The van der Waals surface area contributed by atoms with Crippen LogP contribution < -0.4 is 5.32 Å². The minimum absolute atomic E-state index is 0.452. The van der Waals surface area contributed by atoms with Crippen LogP contribution in [-0.4, -0.2) is 63.4 Å². The highest BCUT2D eigenvalue weighted by Crippen LogP contribution is 2.18. The second-order valence-electron chi connectivity index (χ2n) is 4.55. The lowest BCUT2D eigenvalue weighted by Gasteiger charge is -2.30. The number of carbonyl (C=O) groups is 3. The van der Waals surface area contributed by atoms with Crippen LogP contribution in [0.5, 0.6) is 0 Å². The summed E-state index contributed by atoms with van der Waals surface area (Å²) in [5.74, 6) is -2.58. The smallest absolute Gasteiger partial charge is 0.323 e. The van der Waals surface area contributed by atoms with Crippen LogP contribution >= 0.6 is 0 Å². The number of rotatable bonds is 5. The number of carbonyl (C=O) groups excluding carboxylic acids is 1. The molecule has 2 unspecified atom stereocenters. The van der Waals surface area contributed by atoms with Gasteiger partial charge in [-0.05, 0) is 12.8 Å². The van der Waals surface area contributed by atoms with E-state index in [1.54, 1.807) is 0 Å². The van der Waals surface area contributed by atoms with E-state index in [4.69, 9.17) is 10.2 Å². The maximum absolute atomic E-state index is 11.8. The molecule has 0 radical (unpaired) electrons. The first kappa shape index (κ1) is 15.2. The van der Waals surface area contributed by atoms with Gasteiger partial charge in [-0.2, -0.15) is 0 Å². The standard InChI is InChI=1S/C11H18N2O6/c14-8-4-2-1-3-7(8)12-11(19)13(5-9(15)16)6-10(17)18/h7-8,14H,1-6H2,(H,12,19)(H,15,16)(H,17,18). The van der Waals surface area contributed by atoms with Crippen molar-refractivity contribution in [3.8, 4) is 0 Å². The molecule has 1 aliphatic rings. The van der Waals surface area contributed by atoms with Crippen molar-refractivity contribution in [1.82, 2.24) is 10.2 Å². The molecular weight excluding hydrogens is 256 g/mol. The molecule has 1 rings (SSSR count). The summed E-state index contributed by atoms with van der Waals surface area (Å²) in [4.78, 5) is 33.7. The summed E-state index contributed by atoms with van der Waals surface area (Å²) >= 11 is 0. The lowest BCUT2D eigenvalue weighted by atomic mass is 9.93. The van der Waals surface area contributed by atoms with Gasteiger partial charge < -0.3 is 25.5 Å². The van der Waals surface area contributed by atoms with Crippen LogP contribution in [-0.2, 0) is 9.59 Å². The Morgan fingerprint density at radius 2 is 1.58 bits per heavy atom. The first-order chi connectivity index (χ1) is 8.90. The monoisotopic (exact) mass is 274 g/mol. The van der Waals surface area contributed by atoms with Crippen LogP contribution in [0, 0.1) is 0 Å². The zero-order valence-electron chi connectivity index (χ0n) is 10.4. The number of carboxylic acid groups (broad SMARTS) is 2. The topological polar surface area (TPSA) is 127 Å². The van der Waals surface area contributed by atoms with Gasteiger partial charge in [-0.25, -0.2) is 4.79 Å². The Morgan fingerprint density at radius 3 is 2.05 bits per heavy atom. The van der Waals surface area contributed by atoms with Gasteiger partial charge in [-0.15, -0.1) is 0 Å². The molecule has 0 bridgehead atoms. The van der Waals surface area contributed by atoms with E-state index in [0.717, 1.165) is 12.8 Å². The Labute approximate surface area is 110 Å². The maximum Gasteiger partial charge on any atom is 0.323 e. The number of amides is 2. The van der Waals surface area contributed by atoms with Crippen molar-refractivity contribution in [1.29, 1.82) is 0 Å². The third kappa shape index (κ3) is 5.12. The minimum atomic E-state index is -1.29. The predicted molar refractivity (Wildman–Crippen MR) is 63.6 cm³/mol. The van der Waals surface area contributed by atoms with Crippen LogP contribution in [0.2, 0.25) is 0 Å². The summed E-state index contributed by atoms with van der Waals surface area (Å²) in [6.45, 7) is -1.39. The molecule has 0 heterocycles. The first-order valence-electron chi connectivity index (χ1n) is 6.07. The van der Waals surface area contributed by atoms with Gasteiger partial charge in [-0.3, -0.25) is 9.59 Å². The average Bonchev–Trinajstić information content (AvgIpc) is 2.30. The third-order valence-electron chi connectivity index (χ3n) is 2.98. The van der Waals surface area contributed by atoms with E-state index in [1.807, 2.05) is 0 Å². The zero-order chi connectivity index (χ0) is 14.4. The number of urea groups is 1. The van der Waals surface area contributed by atoms with Crippen LogP contribution in [0.15, 0.2) is 0 Å². The Balaban J connectivity index is 2.59. The highest BCUT2D eigenvalue weighted by Gasteiger charge is 2.27. The number of nitrogens with zero attached hydrogens (tertiary/aromatic N) is 1. The van der Waals surface area contributed by atoms with Gasteiger partial charge in [0.1, 0.15) is 13.1 Å². The summed E-state index contributed by atoms with van der Waals surface area (Å²) in [5, 5.41) is 29.5. The van der Waals surface area contributed by atoms with Gasteiger partial charge in [-0.1, -0.05) is 12.8 Å². The number of aliphatic hydroxyl groups is 1. The highest BCUT2D eigenvalue weighted by molar-refractivity contribution is 5.84. The van der Waals surface area contributed by atoms with Crippen molar-refractivity contribution in [2.24, 2.45) is 0 Å². The second-order valence-corrected chi connectivity index (χ2v) is 4.55. The number of aliphatic hydroxyl groups excluding tert-OH is 1. The number of hydrogen-bond donors (Lipinski definition) is 4. The molecule has 1 saturated carbocycles. The molecule has 1 aliphatic carbocycles. The molecule has 0 saturated heterocycles. The molecule has 0 aromatic carbocycles. The molecule has 2 amide bonds. The molecule has 8 nitrogen and oxygen atoms in total. The highest BCUT2D eigenvalue weighted by atomic mass is 16.4. The number of carboxylic acids is 2. The van der Waals surface area contributed by atoms with E-state index in [0.29, 0.717) is 17.7 Å². The van der Waals surface area contributed by atoms with Crippen molar-refractivity contribution in [2.75, 3.05) is 13.1 Å². The average molecular weight is 274 g/mol. The van der Waals surface area contributed by atoms with Crippen LogP contribution in [0.4, 0.5) is 4.79 Å². The number of hydrogen-bond acceptors (Lipinski definition) is 4. The quantitative estimate of drug-likeness (QED) is 0.533. The van der Waals surface area contributed by atoms with Gasteiger partial charge in [0.15, 0.2) is 0 Å². The summed E-state index contributed by atoms with van der Waals surface area (Å²) < 4.78 is 0. The molecule has 0 aliphatic heterocycles. The second kappa shape index (κ2) is 6.93. The predicted octanol–water partition coefficient (Wildman–Crippen LogP) is -0.529. The summed E-state index contributed by atoms with van der Waals surface area (Å²) in [5.41, 5.74) is 0. The fourth-order valence-corrected chi connectivity index (χ4v) is 2.06. The van der Waals surface area contributed by atoms with E-state index in [2.05, 4.69) is 5.32 Å². The van der Waals surface area contributed by atoms with Crippen molar-refractivity contribution in [3.05, 3.63) is 0 Å². The molecule has 8 heteroatoms. The van der Waals surface area contributed by atoms with Crippen molar-refractivity contribution < 1.29 is 29.7 Å². The van der Waals surface area contributed by atoms with Gasteiger partial charge in [0.25, 0.3) is 0 Å².